The third-order valence-electron chi connectivity index (χ3n) is 2.17. The summed E-state index contributed by atoms with van der Waals surface area (Å²) in [5.74, 6) is 0.0566. The molecule has 1 aliphatic heterocycles. The highest BCUT2D eigenvalue weighted by Crippen LogP contribution is 2.38. The summed E-state index contributed by atoms with van der Waals surface area (Å²) >= 11 is 0. The Morgan fingerprint density at radius 1 is 1.60 bits per heavy atom. The minimum Gasteiger partial charge on any atom is -0.367 e. The molecule has 3 nitrogen and oxygen atoms in total. The van der Waals surface area contributed by atoms with E-state index in [2.05, 4.69) is 5.32 Å². The first kappa shape index (κ1) is 6.16. The molecule has 1 saturated heterocycles. The Labute approximate surface area is 59.7 Å². The zero-order chi connectivity index (χ0) is 7.14. The van der Waals surface area contributed by atoms with Crippen LogP contribution in [0.3, 0.4) is 0 Å². The van der Waals surface area contributed by atoms with Crippen LogP contribution in [0.4, 0.5) is 0 Å². The molecule has 2 aliphatic rings. The van der Waals surface area contributed by atoms with Gasteiger partial charge in [0.15, 0.2) is 0 Å². The lowest BCUT2D eigenvalue weighted by molar-refractivity contribution is -0.119. The molecule has 10 heavy (non-hydrogen) atoms. The Hall–Kier alpha value is -0.570. The number of amides is 1. The van der Waals surface area contributed by atoms with Gasteiger partial charge in [0, 0.05) is 6.92 Å². The topological polar surface area (TPSA) is 41.6 Å². The molecular weight excluding hydrogens is 130 g/mol. The van der Waals surface area contributed by atoms with E-state index in [-0.39, 0.29) is 5.91 Å². The second-order valence-corrected chi connectivity index (χ2v) is 3.02. The number of fused-ring (bicyclic) bond motifs is 1. The van der Waals surface area contributed by atoms with Gasteiger partial charge in [-0.3, -0.25) is 4.79 Å². The van der Waals surface area contributed by atoms with Crippen molar-refractivity contribution in [2.24, 2.45) is 0 Å². The van der Waals surface area contributed by atoms with Gasteiger partial charge < -0.3 is 10.1 Å². The molecule has 1 aliphatic carbocycles. The molecular formula is C7H11NO2. The summed E-state index contributed by atoms with van der Waals surface area (Å²) in [4.78, 5) is 10.6. The summed E-state index contributed by atoms with van der Waals surface area (Å²) in [7, 11) is 0. The van der Waals surface area contributed by atoms with Gasteiger partial charge in [-0.05, 0) is 12.8 Å². The Kier molecular flexibility index (Phi) is 1.20. The molecule has 0 radical (unpaired) electrons. The van der Waals surface area contributed by atoms with E-state index in [0.29, 0.717) is 18.2 Å². The highest BCUT2D eigenvalue weighted by Gasteiger charge is 2.50. The minimum atomic E-state index is 0.0566. The molecule has 0 aromatic heterocycles. The zero-order valence-electron chi connectivity index (χ0n) is 5.96. The summed E-state index contributed by atoms with van der Waals surface area (Å²) in [6, 6.07) is 0.308. The fourth-order valence-electron chi connectivity index (χ4n) is 1.67. The minimum absolute atomic E-state index is 0.0566. The summed E-state index contributed by atoms with van der Waals surface area (Å²) in [5.41, 5.74) is 0. The number of hydrogen-bond acceptors (Lipinski definition) is 2. The van der Waals surface area contributed by atoms with Crippen molar-refractivity contribution in [2.75, 3.05) is 0 Å². The maximum atomic E-state index is 10.6. The smallest absolute Gasteiger partial charge is 0.217 e. The average molecular weight is 141 g/mol. The first-order valence-electron chi connectivity index (χ1n) is 3.70. The normalized spacial score (nSPS) is 42.7. The zero-order valence-corrected chi connectivity index (χ0v) is 5.96. The van der Waals surface area contributed by atoms with Crippen LogP contribution in [0.5, 0.6) is 0 Å². The quantitative estimate of drug-likeness (QED) is 0.524. The molecule has 1 amide bonds. The third kappa shape index (κ3) is 0.904. The van der Waals surface area contributed by atoms with E-state index in [1.807, 2.05) is 0 Å². The van der Waals surface area contributed by atoms with E-state index in [1.165, 1.54) is 0 Å². The van der Waals surface area contributed by atoms with Crippen molar-refractivity contribution in [2.45, 2.75) is 38.0 Å². The predicted molar refractivity (Wildman–Crippen MR) is 35.5 cm³/mol. The second kappa shape index (κ2) is 1.95. The van der Waals surface area contributed by atoms with Gasteiger partial charge in [-0.1, -0.05) is 0 Å². The van der Waals surface area contributed by atoms with Gasteiger partial charge in [0.2, 0.25) is 5.91 Å². The van der Waals surface area contributed by atoms with Gasteiger partial charge in [-0.15, -0.1) is 0 Å². The Morgan fingerprint density at radius 2 is 2.40 bits per heavy atom. The maximum Gasteiger partial charge on any atom is 0.217 e. The highest BCUT2D eigenvalue weighted by atomic mass is 16.6. The van der Waals surface area contributed by atoms with E-state index < -0.39 is 0 Å². The van der Waals surface area contributed by atoms with Crippen molar-refractivity contribution >= 4 is 5.91 Å². The van der Waals surface area contributed by atoms with E-state index in [1.54, 1.807) is 6.92 Å². The second-order valence-electron chi connectivity index (χ2n) is 3.02. The lowest BCUT2D eigenvalue weighted by Crippen LogP contribution is -2.35. The number of ether oxygens (including phenoxy) is 1. The van der Waals surface area contributed by atoms with Gasteiger partial charge in [0.25, 0.3) is 0 Å². The molecule has 0 aromatic carbocycles. The van der Waals surface area contributed by atoms with Gasteiger partial charge in [0.1, 0.15) is 6.10 Å². The Bertz CT molecular complexity index is 169. The average Bonchev–Trinajstić information content (AvgIpc) is 2.52. The molecule has 2 fully saturated rings. The van der Waals surface area contributed by atoms with Crippen molar-refractivity contribution in [1.29, 1.82) is 0 Å². The molecule has 0 aromatic rings. The van der Waals surface area contributed by atoms with Crippen LogP contribution in [0, 0.1) is 0 Å². The van der Waals surface area contributed by atoms with Crippen LogP contribution in [-0.2, 0) is 9.53 Å². The van der Waals surface area contributed by atoms with Gasteiger partial charge in [-0.2, -0.15) is 0 Å². The molecule has 1 heterocycles. The van der Waals surface area contributed by atoms with Crippen LogP contribution < -0.4 is 5.32 Å². The molecule has 3 atom stereocenters. The largest absolute Gasteiger partial charge is 0.367 e. The molecule has 56 valence electrons. The number of carbonyl (C=O) groups is 1. The summed E-state index contributed by atoms with van der Waals surface area (Å²) in [6.07, 6.45) is 3.03. The number of epoxide rings is 1. The van der Waals surface area contributed by atoms with Gasteiger partial charge >= 0.3 is 0 Å². The van der Waals surface area contributed by atoms with Gasteiger partial charge in [-0.25, -0.2) is 0 Å². The molecule has 1 unspecified atom stereocenters. The summed E-state index contributed by atoms with van der Waals surface area (Å²) < 4.78 is 5.25. The molecule has 0 spiro atoms. The van der Waals surface area contributed by atoms with Crippen molar-refractivity contribution in [1.82, 2.24) is 5.32 Å². The first-order valence-corrected chi connectivity index (χ1v) is 3.70. The molecule has 1 saturated carbocycles. The van der Waals surface area contributed by atoms with Gasteiger partial charge in [0.05, 0.1) is 12.1 Å². The third-order valence-corrected chi connectivity index (χ3v) is 2.17. The number of carbonyl (C=O) groups excluding carboxylic acids is 1. The van der Waals surface area contributed by atoms with Crippen LogP contribution in [-0.4, -0.2) is 24.2 Å². The maximum absolute atomic E-state index is 10.6. The van der Waals surface area contributed by atoms with Crippen molar-refractivity contribution in [3.05, 3.63) is 0 Å². The standard InChI is InChI=1S/C7H11NO2/c1-4(9)8-5-2-3-6-7(5)10-6/h5-7H,2-3H2,1H3,(H,8,9)/t5?,6-,7+/m1/s1. The predicted octanol–water partition coefficient (Wildman–Crippen LogP) is 0.0523. The van der Waals surface area contributed by atoms with E-state index in [9.17, 15) is 4.79 Å². The van der Waals surface area contributed by atoms with Crippen molar-refractivity contribution in [3.8, 4) is 0 Å². The Balaban J connectivity index is 1.88. The monoisotopic (exact) mass is 141 g/mol. The number of rotatable bonds is 1. The number of nitrogens with one attached hydrogen (secondary N) is 1. The van der Waals surface area contributed by atoms with E-state index >= 15 is 0 Å². The fourth-order valence-corrected chi connectivity index (χ4v) is 1.67. The molecule has 1 N–H and O–H groups in total. The molecule has 3 heteroatoms. The summed E-state index contributed by atoms with van der Waals surface area (Å²) in [6.45, 7) is 1.55. The molecule has 2 rings (SSSR count). The van der Waals surface area contributed by atoms with Crippen LogP contribution in [0.1, 0.15) is 19.8 Å². The number of hydrogen-bond donors (Lipinski definition) is 1. The van der Waals surface area contributed by atoms with E-state index in [4.69, 9.17) is 4.74 Å². The lowest BCUT2D eigenvalue weighted by Gasteiger charge is -2.09. The van der Waals surface area contributed by atoms with Crippen LogP contribution in [0.15, 0.2) is 0 Å². The first-order chi connectivity index (χ1) is 4.77. The Morgan fingerprint density at radius 3 is 2.80 bits per heavy atom. The van der Waals surface area contributed by atoms with Crippen LogP contribution in [0.25, 0.3) is 0 Å². The van der Waals surface area contributed by atoms with E-state index in [0.717, 1.165) is 12.8 Å². The highest BCUT2D eigenvalue weighted by molar-refractivity contribution is 5.73. The van der Waals surface area contributed by atoms with Crippen molar-refractivity contribution < 1.29 is 9.53 Å². The fraction of sp³-hybridized carbons (Fsp3) is 0.857. The van der Waals surface area contributed by atoms with Crippen LogP contribution in [0.2, 0.25) is 0 Å². The lowest BCUT2D eigenvalue weighted by atomic mass is 10.2. The summed E-state index contributed by atoms with van der Waals surface area (Å²) in [5, 5.41) is 2.87. The molecule has 0 bridgehead atoms. The van der Waals surface area contributed by atoms with Crippen LogP contribution >= 0.6 is 0 Å². The SMILES string of the molecule is CC(=O)NC1CC[C@H]2O[C@@H]12. The van der Waals surface area contributed by atoms with Crippen molar-refractivity contribution in [3.63, 3.8) is 0 Å².